The number of nitrogens with zero attached hydrogens (tertiary/aromatic N) is 1. The number of aliphatic carboxylic acids is 1. The fourth-order valence-corrected chi connectivity index (χ4v) is 1.57. The Morgan fingerprint density at radius 3 is 2.82 bits per heavy atom. The topological polar surface area (TPSA) is 89.7 Å². The standard InChI is InChI=1S/C11H13NO5/c1-17-10-4-2-3-8(5-10)9(6-11(13)14)7-12(15)16/h2-5,9H,6-7H2,1H3,(H,13,14)/t9-/m0/s1. The second-order valence-electron chi connectivity index (χ2n) is 3.59. The van der Waals surface area contributed by atoms with E-state index in [2.05, 4.69) is 0 Å². The van der Waals surface area contributed by atoms with Crippen molar-refractivity contribution in [3.8, 4) is 5.75 Å². The van der Waals surface area contributed by atoms with Gasteiger partial charge in [-0.3, -0.25) is 14.9 Å². The van der Waals surface area contributed by atoms with Crippen LogP contribution in [0.2, 0.25) is 0 Å². The first kappa shape index (κ1) is 13.0. The van der Waals surface area contributed by atoms with Gasteiger partial charge in [-0.25, -0.2) is 0 Å². The van der Waals surface area contributed by atoms with Crippen molar-refractivity contribution in [2.24, 2.45) is 0 Å². The Morgan fingerprint density at radius 2 is 2.29 bits per heavy atom. The normalized spacial score (nSPS) is 11.8. The highest BCUT2D eigenvalue weighted by molar-refractivity contribution is 5.68. The summed E-state index contributed by atoms with van der Waals surface area (Å²) in [6.07, 6.45) is -0.270. The fourth-order valence-electron chi connectivity index (χ4n) is 1.57. The number of carbonyl (C=O) groups is 1. The van der Waals surface area contributed by atoms with Gasteiger partial charge in [-0.1, -0.05) is 12.1 Å². The number of carboxylic acids is 1. The Labute approximate surface area is 98.0 Å². The number of rotatable bonds is 6. The molecule has 0 amide bonds. The molecule has 1 aromatic carbocycles. The molecule has 17 heavy (non-hydrogen) atoms. The molecular weight excluding hydrogens is 226 g/mol. The lowest BCUT2D eigenvalue weighted by Crippen LogP contribution is -2.16. The van der Waals surface area contributed by atoms with Crippen molar-refractivity contribution in [2.75, 3.05) is 13.7 Å². The van der Waals surface area contributed by atoms with Gasteiger partial charge in [0.05, 0.1) is 19.4 Å². The van der Waals surface area contributed by atoms with E-state index < -0.39 is 23.4 Å². The van der Waals surface area contributed by atoms with E-state index in [0.717, 1.165) is 0 Å². The summed E-state index contributed by atoms with van der Waals surface area (Å²) in [6.45, 7) is -0.403. The van der Waals surface area contributed by atoms with Gasteiger partial charge in [-0.05, 0) is 17.7 Å². The SMILES string of the molecule is COc1cccc([C@@H](CC(=O)O)C[N+](=O)[O-])c1. The van der Waals surface area contributed by atoms with E-state index in [1.54, 1.807) is 24.3 Å². The van der Waals surface area contributed by atoms with Crippen molar-refractivity contribution in [3.05, 3.63) is 39.9 Å². The third kappa shape index (κ3) is 4.10. The maximum atomic E-state index is 10.7. The van der Waals surface area contributed by atoms with Crippen LogP contribution >= 0.6 is 0 Å². The van der Waals surface area contributed by atoms with Crippen molar-refractivity contribution >= 4 is 5.97 Å². The van der Waals surface area contributed by atoms with Crippen LogP contribution in [0.15, 0.2) is 24.3 Å². The molecular formula is C11H13NO5. The van der Waals surface area contributed by atoms with E-state index in [-0.39, 0.29) is 6.42 Å². The smallest absolute Gasteiger partial charge is 0.304 e. The number of hydrogen-bond acceptors (Lipinski definition) is 4. The maximum absolute atomic E-state index is 10.7. The van der Waals surface area contributed by atoms with Gasteiger partial charge in [-0.15, -0.1) is 0 Å². The van der Waals surface area contributed by atoms with Crippen LogP contribution in [-0.2, 0) is 4.79 Å². The van der Waals surface area contributed by atoms with Crippen molar-refractivity contribution in [1.29, 1.82) is 0 Å². The van der Waals surface area contributed by atoms with Crippen molar-refractivity contribution in [1.82, 2.24) is 0 Å². The Kier molecular flexibility index (Phi) is 4.45. The molecule has 0 aliphatic heterocycles. The molecule has 0 unspecified atom stereocenters. The molecule has 0 aliphatic carbocycles. The first-order valence-electron chi connectivity index (χ1n) is 5.00. The Morgan fingerprint density at radius 1 is 1.59 bits per heavy atom. The zero-order chi connectivity index (χ0) is 12.8. The van der Waals surface area contributed by atoms with Crippen molar-refractivity contribution in [2.45, 2.75) is 12.3 Å². The molecule has 0 radical (unpaired) electrons. The highest BCUT2D eigenvalue weighted by Gasteiger charge is 2.21. The van der Waals surface area contributed by atoms with Gasteiger partial charge in [0, 0.05) is 4.92 Å². The van der Waals surface area contributed by atoms with E-state index in [0.29, 0.717) is 11.3 Å². The molecule has 6 nitrogen and oxygen atoms in total. The van der Waals surface area contributed by atoms with Gasteiger partial charge in [-0.2, -0.15) is 0 Å². The molecule has 0 spiro atoms. The molecule has 1 atom stereocenters. The number of carboxylic acid groups (broad SMARTS) is 1. The second kappa shape index (κ2) is 5.83. The van der Waals surface area contributed by atoms with Gasteiger partial charge in [0.15, 0.2) is 0 Å². The molecule has 0 saturated carbocycles. The first-order chi connectivity index (χ1) is 8.02. The average molecular weight is 239 g/mol. The number of methoxy groups -OCH3 is 1. The summed E-state index contributed by atoms with van der Waals surface area (Å²) in [5.74, 6) is -1.14. The van der Waals surface area contributed by atoms with Gasteiger partial charge in [0.2, 0.25) is 6.54 Å². The van der Waals surface area contributed by atoms with E-state index >= 15 is 0 Å². The summed E-state index contributed by atoms with van der Waals surface area (Å²) in [5.41, 5.74) is 0.600. The van der Waals surface area contributed by atoms with Crippen LogP contribution in [0.25, 0.3) is 0 Å². The highest BCUT2D eigenvalue weighted by atomic mass is 16.6. The van der Waals surface area contributed by atoms with Crippen LogP contribution in [0.5, 0.6) is 5.75 Å². The van der Waals surface area contributed by atoms with E-state index in [4.69, 9.17) is 9.84 Å². The second-order valence-corrected chi connectivity index (χ2v) is 3.59. The maximum Gasteiger partial charge on any atom is 0.304 e. The molecule has 1 rings (SSSR count). The lowest BCUT2D eigenvalue weighted by atomic mass is 9.95. The van der Waals surface area contributed by atoms with E-state index in [1.165, 1.54) is 7.11 Å². The van der Waals surface area contributed by atoms with Crippen LogP contribution in [-0.4, -0.2) is 29.7 Å². The van der Waals surface area contributed by atoms with Gasteiger partial charge < -0.3 is 9.84 Å². The Hall–Kier alpha value is -2.11. The monoisotopic (exact) mass is 239 g/mol. The van der Waals surface area contributed by atoms with Crippen molar-refractivity contribution < 1.29 is 19.6 Å². The predicted octanol–water partition coefficient (Wildman–Crippen LogP) is 1.53. The van der Waals surface area contributed by atoms with Crippen molar-refractivity contribution in [3.63, 3.8) is 0 Å². The lowest BCUT2D eigenvalue weighted by Gasteiger charge is -2.11. The first-order valence-corrected chi connectivity index (χ1v) is 5.00. The quantitative estimate of drug-likeness (QED) is 0.600. The van der Waals surface area contributed by atoms with Crippen LogP contribution in [0.1, 0.15) is 17.9 Å². The molecule has 0 bridgehead atoms. The third-order valence-corrected chi connectivity index (χ3v) is 2.36. The minimum absolute atomic E-state index is 0.270. The zero-order valence-electron chi connectivity index (χ0n) is 9.33. The summed E-state index contributed by atoms with van der Waals surface area (Å²) in [7, 11) is 1.48. The molecule has 6 heteroatoms. The Balaban J connectivity index is 2.94. The van der Waals surface area contributed by atoms with Gasteiger partial charge >= 0.3 is 5.97 Å². The number of ether oxygens (including phenoxy) is 1. The molecule has 0 fully saturated rings. The summed E-state index contributed by atoms with van der Waals surface area (Å²) >= 11 is 0. The molecule has 0 saturated heterocycles. The predicted molar refractivity (Wildman–Crippen MR) is 59.8 cm³/mol. The van der Waals surface area contributed by atoms with Crippen LogP contribution in [0.4, 0.5) is 0 Å². The summed E-state index contributed by atoms with van der Waals surface area (Å²) in [4.78, 5) is 20.7. The van der Waals surface area contributed by atoms with Gasteiger partial charge in [0.25, 0.3) is 0 Å². The lowest BCUT2D eigenvalue weighted by molar-refractivity contribution is -0.483. The fraction of sp³-hybridized carbons (Fsp3) is 0.364. The summed E-state index contributed by atoms with van der Waals surface area (Å²) < 4.78 is 5.00. The summed E-state index contributed by atoms with van der Waals surface area (Å²) in [5, 5.41) is 19.2. The number of hydrogen-bond donors (Lipinski definition) is 1. The summed E-state index contributed by atoms with van der Waals surface area (Å²) in [6, 6.07) is 6.67. The largest absolute Gasteiger partial charge is 0.497 e. The molecule has 92 valence electrons. The number of nitro groups is 1. The molecule has 1 aromatic rings. The van der Waals surface area contributed by atoms with Crippen LogP contribution < -0.4 is 4.74 Å². The number of benzene rings is 1. The minimum atomic E-state index is -1.06. The molecule has 0 aromatic heterocycles. The van der Waals surface area contributed by atoms with Gasteiger partial charge in [0.1, 0.15) is 5.75 Å². The van der Waals surface area contributed by atoms with Crippen LogP contribution in [0.3, 0.4) is 0 Å². The third-order valence-electron chi connectivity index (χ3n) is 2.36. The average Bonchev–Trinajstić information content (AvgIpc) is 2.27. The minimum Gasteiger partial charge on any atom is -0.497 e. The zero-order valence-corrected chi connectivity index (χ0v) is 9.33. The molecule has 0 aliphatic rings. The van der Waals surface area contributed by atoms with E-state index in [9.17, 15) is 14.9 Å². The van der Waals surface area contributed by atoms with E-state index in [1.807, 2.05) is 0 Å². The molecule has 1 N–H and O–H groups in total. The van der Waals surface area contributed by atoms with Crippen LogP contribution in [0, 0.1) is 10.1 Å². The highest BCUT2D eigenvalue weighted by Crippen LogP contribution is 2.23. The molecule has 0 heterocycles. The Bertz CT molecular complexity index is 402.